The Morgan fingerprint density at radius 3 is 2.52 bits per heavy atom. The molecule has 0 saturated carbocycles. The molecule has 0 unspecified atom stereocenters. The van der Waals surface area contributed by atoms with Gasteiger partial charge in [-0.3, -0.25) is 4.79 Å². The highest BCUT2D eigenvalue weighted by Crippen LogP contribution is 2.21. The number of hydrogen-bond acceptors (Lipinski definition) is 1. The van der Waals surface area contributed by atoms with Gasteiger partial charge in [-0.05, 0) is 18.1 Å². The van der Waals surface area contributed by atoms with E-state index in [-0.39, 0.29) is 18.2 Å². The first-order valence-electron chi connectivity index (χ1n) is 6.70. The quantitative estimate of drug-likeness (QED) is 0.915. The SMILES string of the molecule is CC(C)CN(CC(F)(F)F)C(=O)c1cc2ccccc2[nH]1. The van der Waals surface area contributed by atoms with Crippen LogP contribution in [0.2, 0.25) is 0 Å². The van der Waals surface area contributed by atoms with Crippen LogP contribution in [-0.4, -0.2) is 35.1 Å². The second kappa shape index (κ2) is 5.79. The van der Waals surface area contributed by atoms with Gasteiger partial charge in [-0.15, -0.1) is 0 Å². The predicted octanol–water partition coefficient (Wildman–Crippen LogP) is 3.83. The Bertz CT molecular complexity index is 598. The Hall–Kier alpha value is -1.98. The van der Waals surface area contributed by atoms with E-state index < -0.39 is 18.6 Å². The van der Waals surface area contributed by atoms with Crippen LogP contribution in [0.15, 0.2) is 30.3 Å². The molecule has 0 atom stereocenters. The summed E-state index contributed by atoms with van der Waals surface area (Å²) in [5, 5.41) is 0.803. The van der Waals surface area contributed by atoms with E-state index in [2.05, 4.69) is 4.98 Å². The van der Waals surface area contributed by atoms with E-state index >= 15 is 0 Å². The number of rotatable bonds is 4. The number of carbonyl (C=O) groups excluding carboxylic acids is 1. The monoisotopic (exact) mass is 298 g/mol. The molecule has 1 aromatic carbocycles. The van der Waals surface area contributed by atoms with E-state index in [0.29, 0.717) is 0 Å². The second-order valence-electron chi connectivity index (χ2n) is 5.46. The number of benzene rings is 1. The van der Waals surface area contributed by atoms with Crippen molar-refractivity contribution >= 4 is 16.8 Å². The van der Waals surface area contributed by atoms with E-state index in [0.717, 1.165) is 15.8 Å². The lowest BCUT2D eigenvalue weighted by atomic mass is 10.2. The van der Waals surface area contributed by atoms with Crippen LogP contribution in [0.3, 0.4) is 0 Å². The summed E-state index contributed by atoms with van der Waals surface area (Å²) in [6.07, 6.45) is -4.41. The molecule has 1 amide bonds. The molecule has 0 radical (unpaired) electrons. The fourth-order valence-electron chi connectivity index (χ4n) is 2.24. The third-order valence-electron chi connectivity index (χ3n) is 3.00. The van der Waals surface area contributed by atoms with Gasteiger partial charge in [0.1, 0.15) is 12.2 Å². The van der Waals surface area contributed by atoms with Crippen molar-refractivity contribution in [1.29, 1.82) is 0 Å². The number of halogens is 3. The van der Waals surface area contributed by atoms with Crippen LogP contribution in [0, 0.1) is 5.92 Å². The number of nitrogens with one attached hydrogen (secondary N) is 1. The van der Waals surface area contributed by atoms with Gasteiger partial charge in [-0.25, -0.2) is 0 Å². The predicted molar refractivity (Wildman–Crippen MR) is 75.1 cm³/mol. The van der Waals surface area contributed by atoms with Crippen LogP contribution in [0.5, 0.6) is 0 Å². The van der Waals surface area contributed by atoms with Crippen molar-refractivity contribution in [3.63, 3.8) is 0 Å². The summed E-state index contributed by atoms with van der Waals surface area (Å²) in [7, 11) is 0. The summed E-state index contributed by atoms with van der Waals surface area (Å²) < 4.78 is 37.9. The van der Waals surface area contributed by atoms with Crippen LogP contribution >= 0.6 is 0 Å². The minimum absolute atomic E-state index is 0.0410. The van der Waals surface area contributed by atoms with Crippen molar-refractivity contribution in [2.45, 2.75) is 20.0 Å². The third-order valence-corrected chi connectivity index (χ3v) is 3.00. The maximum absolute atomic E-state index is 12.6. The Morgan fingerprint density at radius 2 is 1.95 bits per heavy atom. The first kappa shape index (κ1) is 15.4. The molecule has 0 aliphatic carbocycles. The summed E-state index contributed by atoms with van der Waals surface area (Å²) >= 11 is 0. The zero-order valence-corrected chi connectivity index (χ0v) is 11.9. The second-order valence-corrected chi connectivity index (χ2v) is 5.46. The van der Waals surface area contributed by atoms with Gasteiger partial charge >= 0.3 is 6.18 Å². The molecule has 21 heavy (non-hydrogen) atoms. The van der Waals surface area contributed by atoms with Gasteiger partial charge in [0.2, 0.25) is 0 Å². The van der Waals surface area contributed by atoms with Crippen LogP contribution < -0.4 is 0 Å². The highest BCUT2D eigenvalue weighted by Gasteiger charge is 2.34. The van der Waals surface area contributed by atoms with Crippen molar-refractivity contribution in [3.05, 3.63) is 36.0 Å². The van der Waals surface area contributed by atoms with Gasteiger partial charge in [0.05, 0.1) is 0 Å². The highest BCUT2D eigenvalue weighted by atomic mass is 19.4. The van der Waals surface area contributed by atoms with Crippen molar-refractivity contribution in [1.82, 2.24) is 9.88 Å². The summed E-state index contributed by atoms with van der Waals surface area (Å²) in [6.45, 7) is 2.39. The molecule has 0 aliphatic rings. The maximum atomic E-state index is 12.6. The van der Waals surface area contributed by atoms with Crippen LogP contribution in [-0.2, 0) is 0 Å². The first-order chi connectivity index (χ1) is 9.76. The zero-order valence-electron chi connectivity index (χ0n) is 11.9. The third kappa shape index (κ3) is 4.00. The van der Waals surface area contributed by atoms with E-state index in [1.807, 2.05) is 6.07 Å². The molecule has 0 spiro atoms. The van der Waals surface area contributed by atoms with Crippen molar-refractivity contribution in [2.75, 3.05) is 13.1 Å². The van der Waals surface area contributed by atoms with Gasteiger partial charge in [-0.1, -0.05) is 32.0 Å². The molecule has 1 aromatic heterocycles. The molecular formula is C15H17F3N2O. The number of amides is 1. The molecule has 2 aromatic rings. The summed E-state index contributed by atoms with van der Waals surface area (Å²) in [6, 6.07) is 8.78. The van der Waals surface area contributed by atoms with Gasteiger partial charge in [0.25, 0.3) is 5.91 Å². The average Bonchev–Trinajstić information content (AvgIpc) is 2.78. The molecule has 0 saturated heterocycles. The fourth-order valence-corrected chi connectivity index (χ4v) is 2.24. The average molecular weight is 298 g/mol. The minimum Gasteiger partial charge on any atom is -0.351 e. The Labute approximate surface area is 120 Å². The van der Waals surface area contributed by atoms with Crippen LogP contribution in [0.25, 0.3) is 10.9 Å². The van der Waals surface area contributed by atoms with Crippen molar-refractivity contribution in [3.8, 4) is 0 Å². The largest absolute Gasteiger partial charge is 0.406 e. The molecule has 114 valence electrons. The summed E-state index contributed by atoms with van der Waals surface area (Å²) in [5.74, 6) is -0.669. The van der Waals surface area contributed by atoms with Gasteiger partial charge in [0, 0.05) is 17.4 Å². The maximum Gasteiger partial charge on any atom is 0.406 e. The van der Waals surface area contributed by atoms with E-state index in [1.165, 1.54) is 0 Å². The lowest BCUT2D eigenvalue weighted by Gasteiger charge is -2.25. The molecule has 3 nitrogen and oxygen atoms in total. The number of carbonyl (C=O) groups is 1. The topological polar surface area (TPSA) is 36.1 Å². The van der Waals surface area contributed by atoms with E-state index in [9.17, 15) is 18.0 Å². The normalized spacial score (nSPS) is 12.1. The van der Waals surface area contributed by atoms with E-state index in [4.69, 9.17) is 0 Å². The molecule has 1 N–H and O–H groups in total. The minimum atomic E-state index is -4.41. The summed E-state index contributed by atoms with van der Waals surface area (Å²) in [5.41, 5.74) is 0.915. The molecule has 6 heteroatoms. The number of aromatic nitrogens is 1. The van der Waals surface area contributed by atoms with Crippen LogP contribution in [0.4, 0.5) is 13.2 Å². The smallest absolute Gasteiger partial charge is 0.351 e. The Kier molecular flexibility index (Phi) is 4.25. The first-order valence-corrected chi connectivity index (χ1v) is 6.70. The number of aromatic amines is 1. The van der Waals surface area contributed by atoms with E-state index in [1.54, 1.807) is 38.1 Å². The number of alkyl halides is 3. The molecule has 0 bridgehead atoms. The number of H-pyrrole nitrogens is 1. The molecule has 0 fully saturated rings. The highest BCUT2D eigenvalue weighted by molar-refractivity contribution is 5.98. The van der Waals surface area contributed by atoms with Gasteiger partial charge in [0.15, 0.2) is 0 Å². The molecular weight excluding hydrogens is 281 g/mol. The lowest BCUT2D eigenvalue weighted by molar-refractivity contribution is -0.141. The van der Waals surface area contributed by atoms with Crippen molar-refractivity contribution < 1.29 is 18.0 Å². The summed E-state index contributed by atoms with van der Waals surface area (Å²) in [4.78, 5) is 16.0. The molecule has 1 heterocycles. The Balaban J connectivity index is 2.27. The lowest BCUT2D eigenvalue weighted by Crippen LogP contribution is -2.41. The molecule has 0 aliphatic heterocycles. The fraction of sp³-hybridized carbons (Fsp3) is 0.400. The molecule has 2 rings (SSSR count). The zero-order chi connectivity index (χ0) is 15.6. The Morgan fingerprint density at radius 1 is 1.29 bits per heavy atom. The number of para-hydroxylation sites is 1. The van der Waals surface area contributed by atoms with Gasteiger partial charge in [-0.2, -0.15) is 13.2 Å². The standard InChI is InChI=1S/C15H17F3N2O/c1-10(2)8-20(9-15(16,17)18)14(21)13-7-11-5-3-4-6-12(11)19-13/h3-7,10,19H,8-9H2,1-2H3. The van der Waals surface area contributed by atoms with Crippen molar-refractivity contribution in [2.24, 2.45) is 5.92 Å². The van der Waals surface area contributed by atoms with Crippen LogP contribution in [0.1, 0.15) is 24.3 Å². The number of hydrogen-bond donors (Lipinski definition) is 1. The number of nitrogens with zero attached hydrogens (tertiary/aromatic N) is 1. The van der Waals surface area contributed by atoms with Gasteiger partial charge < -0.3 is 9.88 Å². The number of fused-ring (bicyclic) bond motifs is 1.